The summed E-state index contributed by atoms with van der Waals surface area (Å²) in [6, 6.07) is 5.68. The Morgan fingerprint density at radius 3 is 2.59 bits per heavy atom. The molecule has 0 bridgehead atoms. The predicted octanol–water partition coefficient (Wildman–Crippen LogP) is 1.13. The molecular weight excluding hydrogens is 218 g/mol. The van der Waals surface area contributed by atoms with Crippen LogP contribution in [0.1, 0.15) is 12.5 Å². The lowest BCUT2D eigenvalue weighted by atomic mass is 10.2. The number of benzene rings is 1. The molecule has 94 valence electrons. The molecular formula is C12H19N3O2. The van der Waals surface area contributed by atoms with Crippen LogP contribution in [0.15, 0.2) is 23.2 Å². The summed E-state index contributed by atoms with van der Waals surface area (Å²) in [5.74, 6) is 1.85. The molecule has 1 rings (SSSR count). The van der Waals surface area contributed by atoms with Crippen molar-refractivity contribution in [1.29, 1.82) is 0 Å². The summed E-state index contributed by atoms with van der Waals surface area (Å²) in [6.45, 7) is 3.25. The standard InChI is InChI=1S/C12H19N3O2/c1-4-14-12(13)15-8-9-5-6-10(16-2)11(7-9)17-3/h5-7H,4,8H2,1-3H3,(H3,13,14,15). The molecule has 0 aliphatic heterocycles. The van der Waals surface area contributed by atoms with E-state index in [0.717, 1.165) is 12.1 Å². The first-order valence-corrected chi connectivity index (χ1v) is 5.46. The van der Waals surface area contributed by atoms with Gasteiger partial charge in [0.25, 0.3) is 0 Å². The van der Waals surface area contributed by atoms with Crippen LogP contribution in [0.4, 0.5) is 0 Å². The van der Waals surface area contributed by atoms with Gasteiger partial charge in [-0.25, -0.2) is 4.99 Å². The number of rotatable bonds is 5. The Balaban J connectivity index is 2.76. The van der Waals surface area contributed by atoms with Crippen LogP contribution in [0.5, 0.6) is 11.5 Å². The van der Waals surface area contributed by atoms with Crippen LogP contribution in [-0.4, -0.2) is 26.7 Å². The third-order valence-corrected chi connectivity index (χ3v) is 2.24. The molecule has 0 atom stereocenters. The molecule has 5 nitrogen and oxygen atoms in total. The largest absolute Gasteiger partial charge is 0.493 e. The van der Waals surface area contributed by atoms with Gasteiger partial charge in [-0.1, -0.05) is 6.07 Å². The van der Waals surface area contributed by atoms with Gasteiger partial charge in [0.15, 0.2) is 17.5 Å². The van der Waals surface area contributed by atoms with Crippen LogP contribution in [-0.2, 0) is 6.54 Å². The molecule has 0 amide bonds. The van der Waals surface area contributed by atoms with Crippen molar-refractivity contribution in [1.82, 2.24) is 5.32 Å². The minimum Gasteiger partial charge on any atom is -0.493 e. The van der Waals surface area contributed by atoms with Gasteiger partial charge in [0, 0.05) is 6.54 Å². The zero-order chi connectivity index (χ0) is 12.7. The molecule has 0 radical (unpaired) electrons. The molecule has 0 aromatic heterocycles. The Hall–Kier alpha value is -1.91. The second-order valence-corrected chi connectivity index (χ2v) is 3.42. The second kappa shape index (κ2) is 6.62. The van der Waals surface area contributed by atoms with Crippen LogP contribution in [0.2, 0.25) is 0 Å². The van der Waals surface area contributed by atoms with Crippen molar-refractivity contribution in [3.8, 4) is 11.5 Å². The van der Waals surface area contributed by atoms with Gasteiger partial charge in [0.2, 0.25) is 0 Å². The zero-order valence-electron chi connectivity index (χ0n) is 10.5. The van der Waals surface area contributed by atoms with E-state index in [1.54, 1.807) is 14.2 Å². The Morgan fingerprint density at radius 2 is 2.00 bits per heavy atom. The Morgan fingerprint density at radius 1 is 1.29 bits per heavy atom. The molecule has 3 N–H and O–H groups in total. The average Bonchev–Trinajstić information content (AvgIpc) is 2.36. The average molecular weight is 237 g/mol. The summed E-state index contributed by atoms with van der Waals surface area (Å²) in [4.78, 5) is 4.20. The van der Waals surface area contributed by atoms with E-state index in [1.165, 1.54) is 0 Å². The molecule has 0 aliphatic carbocycles. The molecule has 0 heterocycles. The predicted molar refractivity (Wildman–Crippen MR) is 68.5 cm³/mol. The van der Waals surface area contributed by atoms with E-state index in [2.05, 4.69) is 10.3 Å². The summed E-state index contributed by atoms with van der Waals surface area (Å²) < 4.78 is 10.4. The van der Waals surface area contributed by atoms with Crippen LogP contribution >= 0.6 is 0 Å². The maximum atomic E-state index is 5.64. The van der Waals surface area contributed by atoms with Crippen molar-refractivity contribution >= 4 is 5.96 Å². The summed E-state index contributed by atoms with van der Waals surface area (Å²) in [6.07, 6.45) is 0. The number of nitrogens with zero attached hydrogens (tertiary/aromatic N) is 1. The molecule has 0 saturated carbocycles. The lowest BCUT2D eigenvalue weighted by Crippen LogP contribution is -2.31. The fraction of sp³-hybridized carbons (Fsp3) is 0.417. The van der Waals surface area contributed by atoms with Gasteiger partial charge in [-0.3, -0.25) is 0 Å². The molecule has 0 saturated heterocycles. The highest BCUT2D eigenvalue weighted by Gasteiger charge is 2.03. The number of ether oxygens (including phenoxy) is 2. The topological polar surface area (TPSA) is 68.9 Å². The molecule has 0 unspecified atom stereocenters. The minimum absolute atomic E-state index is 0.447. The van der Waals surface area contributed by atoms with Crippen molar-refractivity contribution in [3.63, 3.8) is 0 Å². The first kappa shape index (κ1) is 13.2. The molecule has 5 heteroatoms. The Bertz CT molecular complexity index is 391. The van der Waals surface area contributed by atoms with Gasteiger partial charge in [0.1, 0.15) is 0 Å². The molecule has 0 spiro atoms. The van der Waals surface area contributed by atoms with Crippen molar-refractivity contribution in [2.45, 2.75) is 13.5 Å². The van der Waals surface area contributed by atoms with Crippen LogP contribution < -0.4 is 20.5 Å². The van der Waals surface area contributed by atoms with Crippen molar-refractivity contribution < 1.29 is 9.47 Å². The SMILES string of the molecule is CCNC(N)=NCc1ccc(OC)c(OC)c1. The van der Waals surface area contributed by atoms with Gasteiger partial charge in [-0.2, -0.15) is 0 Å². The van der Waals surface area contributed by atoms with Gasteiger partial charge in [0.05, 0.1) is 20.8 Å². The van der Waals surface area contributed by atoms with E-state index >= 15 is 0 Å². The van der Waals surface area contributed by atoms with Gasteiger partial charge < -0.3 is 20.5 Å². The summed E-state index contributed by atoms with van der Waals surface area (Å²) in [5, 5.41) is 2.94. The molecule has 1 aromatic carbocycles. The number of nitrogens with one attached hydrogen (secondary N) is 1. The Kier molecular flexibility index (Phi) is 5.13. The zero-order valence-corrected chi connectivity index (χ0v) is 10.5. The Labute approximate surface area is 102 Å². The summed E-state index contributed by atoms with van der Waals surface area (Å²) in [7, 11) is 3.22. The first-order valence-electron chi connectivity index (χ1n) is 5.46. The highest BCUT2D eigenvalue weighted by molar-refractivity contribution is 5.77. The quantitative estimate of drug-likeness (QED) is 0.595. The number of nitrogens with two attached hydrogens (primary N) is 1. The monoisotopic (exact) mass is 237 g/mol. The highest BCUT2D eigenvalue weighted by atomic mass is 16.5. The van der Waals surface area contributed by atoms with E-state index < -0.39 is 0 Å². The molecule has 1 aromatic rings. The summed E-state index contributed by atoms with van der Waals surface area (Å²) >= 11 is 0. The number of guanidine groups is 1. The lowest BCUT2D eigenvalue weighted by molar-refractivity contribution is 0.354. The maximum Gasteiger partial charge on any atom is 0.188 e. The van der Waals surface area contributed by atoms with Crippen LogP contribution in [0.25, 0.3) is 0 Å². The van der Waals surface area contributed by atoms with E-state index in [1.807, 2.05) is 25.1 Å². The third kappa shape index (κ3) is 3.86. The number of aliphatic imine (C=N–C) groups is 1. The first-order chi connectivity index (χ1) is 8.21. The minimum atomic E-state index is 0.447. The van der Waals surface area contributed by atoms with Crippen molar-refractivity contribution in [2.24, 2.45) is 10.7 Å². The summed E-state index contributed by atoms with van der Waals surface area (Å²) in [5.41, 5.74) is 6.66. The molecule has 0 fully saturated rings. The van der Waals surface area contributed by atoms with Crippen molar-refractivity contribution in [2.75, 3.05) is 20.8 Å². The fourth-order valence-corrected chi connectivity index (χ4v) is 1.39. The smallest absolute Gasteiger partial charge is 0.188 e. The fourth-order valence-electron chi connectivity index (χ4n) is 1.39. The molecule has 17 heavy (non-hydrogen) atoms. The van der Waals surface area contributed by atoms with Gasteiger partial charge >= 0.3 is 0 Å². The van der Waals surface area contributed by atoms with E-state index in [0.29, 0.717) is 24.0 Å². The van der Waals surface area contributed by atoms with Crippen LogP contribution in [0.3, 0.4) is 0 Å². The van der Waals surface area contributed by atoms with E-state index in [4.69, 9.17) is 15.2 Å². The third-order valence-electron chi connectivity index (χ3n) is 2.24. The van der Waals surface area contributed by atoms with Gasteiger partial charge in [-0.15, -0.1) is 0 Å². The second-order valence-electron chi connectivity index (χ2n) is 3.42. The van der Waals surface area contributed by atoms with E-state index in [-0.39, 0.29) is 0 Å². The highest BCUT2D eigenvalue weighted by Crippen LogP contribution is 2.27. The number of hydrogen-bond acceptors (Lipinski definition) is 3. The normalized spacial score (nSPS) is 11.1. The van der Waals surface area contributed by atoms with E-state index in [9.17, 15) is 0 Å². The number of hydrogen-bond donors (Lipinski definition) is 2. The lowest BCUT2D eigenvalue weighted by Gasteiger charge is -2.08. The van der Waals surface area contributed by atoms with Crippen molar-refractivity contribution in [3.05, 3.63) is 23.8 Å². The van der Waals surface area contributed by atoms with Crippen LogP contribution in [0, 0.1) is 0 Å². The maximum absolute atomic E-state index is 5.64. The van der Waals surface area contributed by atoms with Gasteiger partial charge in [-0.05, 0) is 24.6 Å². The molecule has 0 aliphatic rings. The number of methoxy groups -OCH3 is 2.